The average molecular weight is 376 g/mol. The standard InChI is InChI=1S/C22H37N3O2/c26-21(24-11-4-5-12-24)10-6-9-20-19-13-17(14-23-20)15-25(16-19)22(27)18-7-2-1-3-8-18/h17-20,23H,1-16H2/t17?,19?,20-/m1/s1. The number of rotatable bonds is 5. The summed E-state index contributed by atoms with van der Waals surface area (Å²) < 4.78 is 0. The fourth-order valence-electron chi connectivity index (χ4n) is 5.89. The first-order valence-electron chi connectivity index (χ1n) is 11.5. The van der Waals surface area contributed by atoms with E-state index in [1.807, 2.05) is 4.90 Å². The Morgan fingerprint density at radius 1 is 0.926 bits per heavy atom. The third-order valence-electron chi connectivity index (χ3n) is 7.44. The number of carbonyl (C=O) groups is 2. The molecule has 0 radical (unpaired) electrons. The first-order valence-corrected chi connectivity index (χ1v) is 11.5. The number of carbonyl (C=O) groups excluding carboxylic acids is 2. The summed E-state index contributed by atoms with van der Waals surface area (Å²) in [7, 11) is 0. The van der Waals surface area contributed by atoms with Gasteiger partial charge in [-0.2, -0.15) is 0 Å². The van der Waals surface area contributed by atoms with E-state index in [0.29, 0.717) is 42.0 Å². The average Bonchev–Trinajstić information content (AvgIpc) is 3.24. The first kappa shape index (κ1) is 19.2. The molecule has 2 bridgehead atoms. The van der Waals surface area contributed by atoms with Gasteiger partial charge in [0.25, 0.3) is 0 Å². The van der Waals surface area contributed by atoms with Gasteiger partial charge < -0.3 is 15.1 Å². The minimum absolute atomic E-state index is 0.294. The van der Waals surface area contributed by atoms with Crippen LogP contribution in [0, 0.1) is 17.8 Å². The van der Waals surface area contributed by atoms with Gasteiger partial charge in [0, 0.05) is 44.6 Å². The van der Waals surface area contributed by atoms with Crippen molar-refractivity contribution >= 4 is 11.8 Å². The lowest BCUT2D eigenvalue weighted by Crippen LogP contribution is -2.58. The second-order valence-electron chi connectivity index (χ2n) is 9.43. The smallest absolute Gasteiger partial charge is 0.225 e. The predicted octanol–water partition coefficient (Wildman–Crippen LogP) is 2.80. The molecule has 3 heterocycles. The molecule has 0 aromatic heterocycles. The molecular formula is C22H37N3O2. The van der Waals surface area contributed by atoms with Crippen molar-refractivity contribution in [1.82, 2.24) is 15.1 Å². The molecule has 2 amide bonds. The minimum Gasteiger partial charge on any atom is -0.343 e. The predicted molar refractivity (Wildman–Crippen MR) is 106 cm³/mol. The molecule has 1 saturated carbocycles. The van der Waals surface area contributed by atoms with Crippen LogP contribution in [0.15, 0.2) is 0 Å². The van der Waals surface area contributed by atoms with Gasteiger partial charge in [0.1, 0.15) is 0 Å². The molecule has 27 heavy (non-hydrogen) atoms. The summed E-state index contributed by atoms with van der Waals surface area (Å²) in [6.07, 6.45) is 12.3. The summed E-state index contributed by atoms with van der Waals surface area (Å²) in [5.74, 6) is 2.28. The molecule has 2 unspecified atom stereocenters. The minimum atomic E-state index is 0.294. The highest BCUT2D eigenvalue weighted by Crippen LogP contribution is 2.33. The molecule has 0 aromatic rings. The number of nitrogens with one attached hydrogen (secondary N) is 1. The maximum Gasteiger partial charge on any atom is 0.225 e. The SMILES string of the molecule is O=C(CCC[C@H]1NCC2CC1CN(C(=O)C1CCCCC1)C2)N1CCCC1. The number of hydrogen-bond acceptors (Lipinski definition) is 3. The summed E-state index contributed by atoms with van der Waals surface area (Å²) in [4.78, 5) is 29.5. The van der Waals surface area contributed by atoms with Gasteiger partial charge >= 0.3 is 0 Å². The van der Waals surface area contributed by atoms with E-state index in [0.717, 1.165) is 58.4 Å². The van der Waals surface area contributed by atoms with Gasteiger partial charge in [0.2, 0.25) is 11.8 Å². The first-order chi connectivity index (χ1) is 13.2. The summed E-state index contributed by atoms with van der Waals surface area (Å²) in [6.45, 7) is 4.85. The highest BCUT2D eigenvalue weighted by atomic mass is 16.2. The van der Waals surface area contributed by atoms with Crippen LogP contribution >= 0.6 is 0 Å². The molecular weight excluding hydrogens is 338 g/mol. The molecule has 1 N–H and O–H groups in total. The second kappa shape index (κ2) is 8.93. The molecule has 0 aromatic carbocycles. The van der Waals surface area contributed by atoms with Crippen LogP contribution < -0.4 is 5.32 Å². The Hall–Kier alpha value is -1.10. The van der Waals surface area contributed by atoms with Crippen LogP contribution in [0.2, 0.25) is 0 Å². The Bertz CT molecular complexity index is 526. The molecule has 152 valence electrons. The summed E-state index contributed by atoms with van der Waals surface area (Å²) in [5.41, 5.74) is 0. The number of fused-ring (bicyclic) bond motifs is 2. The Labute approximate surface area is 164 Å². The van der Waals surface area contributed by atoms with Crippen molar-refractivity contribution in [1.29, 1.82) is 0 Å². The molecule has 5 nitrogen and oxygen atoms in total. The second-order valence-corrected chi connectivity index (χ2v) is 9.43. The van der Waals surface area contributed by atoms with Crippen LogP contribution in [-0.2, 0) is 9.59 Å². The fourth-order valence-corrected chi connectivity index (χ4v) is 5.89. The molecule has 4 fully saturated rings. The number of piperidine rings is 2. The van der Waals surface area contributed by atoms with Crippen molar-refractivity contribution in [3.63, 3.8) is 0 Å². The third-order valence-corrected chi connectivity index (χ3v) is 7.44. The Morgan fingerprint density at radius 2 is 1.70 bits per heavy atom. The van der Waals surface area contributed by atoms with Crippen molar-refractivity contribution in [3.05, 3.63) is 0 Å². The van der Waals surface area contributed by atoms with Crippen LogP contribution in [-0.4, -0.2) is 60.4 Å². The summed E-state index contributed by atoms with van der Waals surface area (Å²) >= 11 is 0. The molecule has 1 aliphatic carbocycles. The maximum absolute atomic E-state index is 13.0. The van der Waals surface area contributed by atoms with Crippen molar-refractivity contribution in [2.45, 2.75) is 76.7 Å². The van der Waals surface area contributed by atoms with Gasteiger partial charge in [-0.1, -0.05) is 19.3 Å². The van der Waals surface area contributed by atoms with E-state index < -0.39 is 0 Å². The molecule has 5 heteroatoms. The van der Waals surface area contributed by atoms with Gasteiger partial charge in [-0.3, -0.25) is 9.59 Å². The lowest BCUT2D eigenvalue weighted by molar-refractivity contribution is -0.140. The van der Waals surface area contributed by atoms with Gasteiger partial charge in [0.15, 0.2) is 0 Å². The van der Waals surface area contributed by atoms with Gasteiger partial charge in [0.05, 0.1) is 0 Å². The Morgan fingerprint density at radius 3 is 2.48 bits per heavy atom. The van der Waals surface area contributed by atoms with E-state index >= 15 is 0 Å². The van der Waals surface area contributed by atoms with E-state index in [4.69, 9.17) is 0 Å². The van der Waals surface area contributed by atoms with E-state index in [1.165, 1.54) is 38.5 Å². The van der Waals surface area contributed by atoms with Crippen molar-refractivity contribution < 1.29 is 9.59 Å². The molecule has 3 saturated heterocycles. The Balaban J connectivity index is 1.25. The van der Waals surface area contributed by atoms with E-state index in [2.05, 4.69) is 10.2 Å². The highest BCUT2D eigenvalue weighted by Gasteiger charge is 2.39. The van der Waals surface area contributed by atoms with Crippen LogP contribution in [0.25, 0.3) is 0 Å². The third kappa shape index (κ3) is 4.67. The maximum atomic E-state index is 13.0. The molecule has 4 rings (SSSR count). The van der Waals surface area contributed by atoms with E-state index in [1.54, 1.807) is 0 Å². The monoisotopic (exact) mass is 375 g/mol. The quantitative estimate of drug-likeness (QED) is 0.804. The lowest BCUT2D eigenvalue weighted by atomic mass is 9.78. The van der Waals surface area contributed by atoms with Crippen LogP contribution in [0.4, 0.5) is 0 Å². The van der Waals surface area contributed by atoms with Gasteiger partial charge in [-0.25, -0.2) is 0 Å². The number of hydrogen-bond donors (Lipinski definition) is 1. The van der Waals surface area contributed by atoms with Gasteiger partial charge in [-0.05, 0) is 63.3 Å². The number of amides is 2. The van der Waals surface area contributed by atoms with Crippen LogP contribution in [0.5, 0.6) is 0 Å². The lowest BCUT2D eigenvalue weighted by Gasteiger charge is -2.47. The van der Waals surface area contributed by atoms with E-state index in [-0.39, 0.29) is 0 Å². The van der Waals surface area contributed by atoms with Crippen molar-refractivity contribution in [3.8, 4) is 0 Å². The molecule has 3 aliphatic heterocycles. The zero-order chi connectivity index (χ0) is 18.6. The zero-order valence-corrected chi connectivity index (χ0v) is 16.8. The van der Waals surface area contributed by atoms with Crippen molar-refractivity contribution in [2.24, 2.45) is 17.8 Å². The number of likely N-dealkylation sites (tertiary alicyclic amines) is 2. The number of nitrogens with zero attached hydrogens (tertiary/aromatic N) is 2. The fraction of sp³-hybridized carbons (Fsp3) is 0.909. The highest BCUT2D eigenvalue weighted by molar-refractivity contribution is 5.79. The molecule has 4 aliphatic rings. The van der Waals surface area contributed by atoms with E-state index in [9.17, 15) is 9.59 Å². The largest absolute Gasteiger partial charge is 0.343 e. The van der Waals surface area contributed by atoms with Gasteiger partial charge in [-0.15, -0.1) is 0 Å². The summed E-state index contributed by atoms with van der Waals surface area (Å²) in [6, 6.07) is 0.481. The van der Waals surface area contributed by atoms with Crippen molar-refractivity contribution in [2.75, 3.05) is 32.7 Å². The Kier molecular flexibility index (Phi) is 6.36. The van der Waals surface area contributed by atoms with Crippen LogP contribution in [0.1, 0.15) is 70.6 Å². The molecule has 0 spiro atoms. The summed E-state index contributed by atoms with van der Waals surface area (Å²) in [5, 5.41) is 3.74. The zero-order valence-electron chi connectivity index (χ0n) is 16.8. The normalized spacial score (nSPS) is 31.9. The topological polar surface area (TPSA) is 52.7 Å². The van der Waals surface area contributed by atoms with Crippen LogP contribution in [0.3, 0.4) is 0 Å². The molecule has 3 atom stereocenters.